The number of carbonyl (C=O) groups excluding carboxylic acids is 2. The van der Waals surface area contributed by atoms with Crippen molar-refractivity contribution in [2.45, 2.75) is 25.4 Å². The Hall–Kier alpha value is -2.04. The SMILES string of the molecule is COc1ccccc1CN1CC(=O)N2CCCC2C1=O. The number of fused-ring (bicyclic) bond motifs is 1. The number of rotatable bonds is 3. The Morgan fingerprint density at radius 1 is 1.30 bits per heavy atom. The average molecular weight is 274 g/mol. The van der Waals surface area contributed by atoms with Gasteiger partial charge in [0.15, 0.2) is 0 Å². The molecule has 2 aliphatic rings. The highest BCUT2D eigenvalue weighted by Gasteiger charge is 2.41. The van der Waals surface area contributed by atoms with Gasteiger partial charge in [0.1, 0.15) is 18.3 Å². The number of hydrogen-bond donors (Lipinski definition) is 0. The fraction of sp³-hybridized carbons (Fsp3) is 0.467. The lowest BCUT2D eigenvalue weighted by Gasteiger charge is -2.36. The molecule has 2 aliphatic heterocycles. The fourth-order valence-corrected chi connectivity index (χ4v) is 3.04. The molecule has 5 nitrogen and oxygen atoms in total. The molecule has 1 atom stereocenters. The molecule has 1 aromatic carbocycles. The Kier molecular flexibility index (Phi) is 3.34. The molecule has 0 saturated carbocycles. The Balaban J connectivity index is 1.80. The lowest BCUT2D eigenvalue weighted by Crippen LogP contribution is -2.56. The molecule has 0 spiro atoms. The summed E-state index contributed by atoms with van der Waals surface area (Å²) in [6.07, 6.45) is 1.71. The third-order valence-electron chi connectivity index (χ3n) is 4.05. The van der Waals surface area contributed by atoms with Crippen LogP contribution in [0.4, 0.5) is 0 Å². The maximum absolute atomic E-state index is 12.4. The van der Waals surface area contributed by atoms with E-state index in [-0.39, 0.29) is 24.4 Å². The van der Waals surface area contributed by atoms with Crippen molar-refractivity contribution in [2.75, 3.05) is 20.2 Å². The maximum atomic E-state index is 12.4. The first kappa shape index (κ1) is 13.0. The molecule has 2 fully saturated rings. The van der Waals surface area contributed by atoms with Crippen molar-refractivity contribution < 1.29 is 14.3 Å². The van der Waals surface area contributed by atoms with Crippen LogP contribution in [0.15, 0.2) is 24.3 Å². The number of hydrogen-bond acceptors (Lipinski definition) is 3. The van der Waals surface area contributed by atoms with Gasteiger partial charge < -0.3 is 14.5 Å². The van der Waals surface area contributed by atoms with Crippen LogP contribution < -0.4 is 4.74 Å². The van der Waals surface area contributed by atoms with Crippen LogP contribution in [0.1, 0.15) is 18.4 Å². The summed E-state index contributed by atoms with van der Waals surface area (Å²) in [7, 11) is 1.61. The van der Waals surface area contributed by atoms with Crippen molar-refractivity contribution >= 4 is 11.8 Å². The zero-order chi connectivity index (χ0) is 14.1. The normalized spacial score (nSPS) is 22.1. The summed E-state index contributed by atoms with van der Waals surface area (Å²) < 4.78 is 5.30. The minimum atomic E-state index is -0.244. The van der Waals surface area contributed by atoms with Gasteiger partial charge in [0, 0.05) is 18.7 Å². The maximum Gasteiger partial charge on any atom is 0.246 e. The predicted octanol–water partition coefficient (Wildman–Crippen LogP) is 1.03. The molecule has 106 valence electrons. The van der Waals surface area contributed by atoms with Gasteiger partial charge in [-0.15, -0.1) is 0 Å². The molecule has 2 heterocycles. The summed E-state index contributed by atoms with van der Waals surface area (Å²) >= 11 is 0. The molecule has 3 rings (SSSR count). The predicted molar refractivity (Wildman–Crippen MR) is 73.1 cm³/mol. The molecule has 5 heteroatoms. The smallest absolute Gasteiger partial charge is 0.246 e. The zero-order valence-electron chi connectivity index (χ0n) is 11.5. The van der Waals surface area contributed by atoms with Crippen molar-refractivity contribution in [2.24, 2.45) is 0 Å². The number of carbonyl (C=O) groups is 2. The van der Waals surface area contributed by atoms with Gasteiger partial charge in [-0.25, -0.2) is 0 Å². The lowest BCUT2D eigenvalue weighted by molar-refractivity contribution is -0.154. The minimum Gasteiger partial charge on any atom is -0.496 e. The Labute approximate surface area is 118 Å². The number of piperazine rings is 1. The molecule has 0 radical (unpaired) electrons. The van der Waals surface area contributed by atoms with E-state index in [0.29, 0.717) is 6.54 Å². The molecule has 0 aliphatic carbocycles. The molecule has 0 aromatic heterocycles. The highest BCUT2D eigenvalue weighted by atomic mass is 16.5. The number of methoxy groups -OCH3 is 1. The molecule has 0 N–H and O–H groups in total. The molecular weight excluding hydrogens is 256 g/mol. The zero-order valence-corrected chi connectivity index (χ0v) is 11.5. The van der Waals surface area contributed by atoms with E-state index in [4.69, 9.17) is 4.74 Å². The van der Waals surface area contributed by atoms with Crippen LogP contribution in [0.3, 0.4) is 0 Å². The third-order valence-corrected chi connectivity index (χ3v) is 4.05. The van der Waals surface area contributed by atoms with Crippen molar-refractivity contribution in [3.63, 3.8) is 0 Å². The van der Waals surface area contributed by atoms with E-state index in [1.165, 1.54) is 0 Å². The molecular formula is C15H18N2O3. The van der Waals surface area contributed by atoms with Gasteiger partial charge in [-0.3, -0.25) is 9.59 Å². The average Bonchev–Trinajstić information content (AvgIpc) is 2.95. The Morgan fingerprint density at radius 3 is 2.90 bits per heavy atom. The van der Waals surface area contributed by atoms with Crippen LogP contribution in [0, 0.1) is 0 Å². The molecule has 1 unspecified atom stereocenters. The summed E-state index contributed by atoms with van der Waals surface area (Å²) in [5.41, 5.74) is 0.933. The van der Waals surface area contributed by atoms with Gasteiger partial charge in [-0.2, -0.15) is 0 Å². The van der Waals surface area contributed by atoms with Crippen LogP contribution >= 0.6 is 0 Å². The van der Waals surface area contributed by atoms with Crippen LogP contribution in [0.25, 0.3) is 0 Å². The Morgan fingerprint density at radius 2 is 2.10 bits per heavy atom. The first-order valence-corrected chi connectivity index (χ1v) is 6.91. The number of nitrogens with zero attached hydrogens (tertiary/aromatic N) is 2. The molecule has 0 bridgehead atoms. The van der Waals surface area contributed by atoms with Crippen LogP contribution in [-0.2, 0) is 16.1 Å². The van der Waals surface area contributed by atoms with Crippen molar-refractivity contribution in [1.29, 1.82) is 0 Å². The van der Waals surface area contributed by atoms with E-state index in [1.807, 2.05) is 24.3 Å². The van der Waals surface area contributed by atoms with Gasteiger partial charge in [-0.05, 0) is 18.9 Å². The third kappa shape index (κ3) is 2.13. The van der Waals surface area contributed by atoms with Crippen molar-refractivity contribution in [1.82, 2.24) is 9.80 Å². The lowest BCUT2D eigenvalue weighted by atomic mass is 10.1. The summed E-state index contributed by atoms with van der Waals surface area (Å²) in [5.74, 6) is 0.872. The van der Waals surface area contributed by atoms with Crippen LogP contribution in [0.5, 0.6) is 5.75 Å². The van der Waals surface area contributed by atoms with Crippen LogP contribution in [-0.4, -0.2) is 47.9 Å². The van der Waals surface area contributed by atoms with Crippen molar-refractivity contribution in [3.05, 3.63) is 29.8 Å². The van der Waals surface area contributed by atoms with E-state index in [9.17, 15) is 9.59 Å². The second-order valence-electron chi connectivity index (χ2n) is 5.25. The second-order valence-corrected chi connectivity index (χ2v) is 5.25. The second kappa shape index (κ2) is 5.15. The first-order chi connectivity index (χ1) is 9.70. The van der Waals surface area contributed by atoms with Gasteiger partial charge in [0.2, 0.25) is 11.8 Å². The number of ether oxygens (including phenoxy) is 1. The summed E-state index contributed by atoms with van der Waals surface area (Å²) in [6, 6.07) is 7.36. The molecule has 1 aromatic rings. The largest absolute Gasteiger partial charge is 0.496 e. The van der Waals surface area contributed by atoms with Crippen molar-refractivity contribution in [3.8, 4) is 5.75 Å². The van der Waals surface area contributed by atoms with E-state index in [1.54, 1.807) is 16.9 Å². The highest BCUT2D eigenvalue weighted by Crippen LogP contribution is 2.26. The first-order valence-electron chi connectivity index (χ1n) is 6.91. The van der Waals surface area contributed by atoms with Gasteiger partial charge in [0.05, 0.1) is 7.11 Å². The standard InChI is InChI=1S/C15H18N2O3/c1-20-13-7-3-2-5-11(13)9-16-10-14(18)17-8-4-6-12(17)15(16)19/h2-3,5,7,12H,4,6,8-10H2,1H3. The van der Waals surface area contributed by atoms with Crippen LogP contribution in [0.2, 0.25) is 0 Å². The number of para-hydroxylation sites is 1. The molecule has 2 saturated heterocycles. The highest BCUT2D eigenvalue weighted by molar-refractivity contribution is 5.95. The summed E-state index contributed by atoms with van der Waals surface area (Å²) in [5, 5.41) is 0. The molecule has 2 amide bonds. The fourth-order valence-electron chi connectivity index (χ4n) is 3.04. The van der Waals surface area contributed by atoms with Gasteiger partial charge in [-0.1, -0.05) is 18.2 Å². The van der Waals surface area contributed by atoms with E-state index >= 15 is 0 Å². The number of benzene rings is 1. The topological polar surface area (TPSA) is 49.9 Å². The summed E-state index contributed by atoms with van der Waals surface area (Å²) in [4.78, 5) is 27.9. The minimum absolute atomic E-state index is 0.0574. The quantitative estimate of drug-likeness (QED) is 0.827. The number of amides is 2. The van der Waals surface area contributed by atoms with Gasteiger partial charge >= 0.3 is 0 Å². The van der Waals surface area contributed by atoms with E-state index in [2.05, 4.69) is 0 Å². The Bertz CT molecular complexity index is 544. The van der Waals surface area contributed by atoms with E-state index in [0.717, 1.165) is 30.7 Å². The monoisotopic (exact) mass is 274 g/mol. The van der Waals surface area contributed by atoms with Gasteiger partial charge in [0.25, 0.3) is 0 Å². The summed E-state index contributed by atoms with van der Waals surface area (Å²) in [6.45, 7) is 1.32. The van der Waals surface area contributed by atoms with E-state index < -0.39 is 0 Å². The molecule has 20 heavy (non-hydrogen) atoms.